The first-order chi connectivity index (χ1) is 11.5. The fourth-order valence-electron chi connectivity index (χ4n) is 2.33. The number of hydrogen-bond donors (Lipinski definition) is 1. The molecule has 3 aromatic rings. The van der Waals surface area contributed by atoms with E-state index in [1.54, 1.807) is 12.1 Å². The van der Waals surface area contributed by atoms with Crippen LogP contribution in [-0.2, 0) is 5.92 Å². The monoisotopic (exact) mass is 340 g/mol. The molecule has 0 aliphatic rings. The fraction of sp³-hybridized carbons (Fsp3) is 0.105. The highest BCUT2D eigenvalue weighted by molar-refractivity contribution is 7.31. The zero-order valence-corrected chi connectivity index (χ0v) is 14.0. The summed E-state index contributed by atoms with van der Waals surface area (Å²) < 4.78 is 29.4. The number of alkyl halides is 2. The third-order valence-corrected chi connectivity index (χ3v) is 4.92. The number of nitriles is 1. The number of nitrogens with one attached hydrogen (secondary N) is 1. The van der Waals surface area contributed by atoms with Gasteiger partial charge in [0.1, 0.15) is 11.8 Å². The van der Waals surface area contributed by atoms with Gasteiger partial charge in [-0.3, -0.25) is 0 Å². The Labute approximate surface area is 140 Å². The van der Waals surface area contributed by atoms with Crippen LogP contribution < -0.4 is 0 Å². The Morgan fingerprint density at radius 3 is 1.96 bits per heavy atom. The van der Waals surface area contributed by atoms with Crippen molar-refractivity contribution in [1.82, 2.24) is 4.75 Å². The smallest absolute Gasteiger partial charge is 0.270 e. The van der Waals surface area contributed by atoms with E-state index in [0.29, 0.717) is 14.0 Å². The van der Waals surface area contributed by atoms with Crippen molar-refractivity contribution >= 4 is 20.5 Å². The van der Waals surface area contributed by atoms with Crippen LogP contribution in [0.15, 0.2) is 48.5 Å². The topological polar surface area (TPSA) is 39.6 Å². The van der Waals surface area contributed by atoms with E-state index < -0.39 is 5.92 Å². The average Bonchev–Trinajstić information content (AvgIpc) is 2.53. The maximum absolute atomic E-state index is 13.2. The Hall–Kier alpha value is -2.63. The van der Waals surface area contributed by atoms with E-state index in [0.717, 1.165) is 28.9 Å². The summed E-state index contributed by atoms with van der Waals surface area (Å²) in [5.74, 6) is -2.81. The minimum atomic E-state index is -2.81. The van der Waals surface area contributed by atoms with Gasteiger partial charge in [-0.25, -0.2) is 8.78 Å². The number of hydrogen-bond acceptors (Lipinski definition) is 1. The summed E-state index contributed by atoms with van der Waals surface area (Å²) >= 11 is 0. The van der Waals surface area contributed by atoms with E-state index in [9.17, 15) is 8.78 Å². The highest BCUT2D eigenvalue weighted by atomic mass is 31.0. The summed E-state index contributed by atoms with van der Waals surface area (Å²) in [6.07, 6.45) is 3.82. The van der Waals surface area contributed by atoms with Crippen molar-refractivity contribution in [3.05, 3.63) is 70.9 Å². The molecule has 0 aliphatic heterocycles. The predicted octanol–water partition coefficient (Wildman–Crippen LogP) is 5.87. The summed E-state index contributed by atoms with van der Waals surface area (Å²) in [6.45, 7) is 0.894. The zero-order valence-electron chi connectivity index (χ0n) is 13.0. The van der Waals surface area contributed by atoms with Crippen molar-refractivity contribution in [2.45, 2.75) is 12.8 Å². The van der Waals surface area contributed by atoms with Gasteiger partial charge in [0.25, 0.3) is 5.92 Å². The molecule has 0 spiro atoms. The van der Waals surface area contributed by atoms with Gasteiger partial charge in [-0.1, -0.05) is 69.0 Å². The third kappa shape index (κ3) is 3.48. The van der Waals surface area contributed by atoms with Crippen LogP contribution in [0.1, 0.15) is 29.3 Å². The highest BCUT2D eigenvalue weighted by Crippen LogP contribution is 2.33. The first-order valence-corrected chi connectivity index (χ1v) is 8.40. The Bertz CT molecular complexity index is 889. The molecule has 120 valence electrons. The summed E-state index contributed by atoms with van der Waals surface area (Å²) in [5, 5.41) is 9.99. The van der Waals surface area contributed by atoms with Crippen LogP contribution in [0.3, 0.4) is 0 Å². The predicted molar refractivity (Wildman–Crippen MR) is 95.4 cm³/mol. The van der Waals surface area contributed by atoms with E-state index in [-0.39, 0.29) is 5.56 Å². The molecule has 5 heteroatoms. The first kappa shape index (κ1) is 16.2. The van der Waals surface area contributed by atoms with Crippen LogP contribution in [0.5, 0.6) is 0 Å². The fourth-order valence-corrected chi connectivity index (χ4v) is 3.13. The molecule has 1 heterocycles. The lowest BCUT2D eigenvalue weighted by atomic mass is 10.1. The van der Waals surface area contributed by atoms with Crippen LogP contribution in [0, 0.1) is 11.3 Å². The average molecular weight is 340 g/mol. The minimum absolute atomic E-state index is 0.0144. The number of aromatic amines is 1. The molecule has 0 bridgehead atoms. The van der Waals surface area contributed by atoms with Crippen molar-refractivity contribution in [1.29, 1.82) is 5.26 Å². The lowest BCUT2D eigenvalue weighted by Gasteiger charge is -2.10. The number of benzene rings is 2. The second-order valence-corrected chi connectivity index (χ2v) is 6.58. The van der Waals surface area contributed by atoms with Gasteiger partial charge in [-0.15, -0.1) is 0 Å². The van der Waals surface area contributed by atoms with Gasteiger partial charge < -0.3 is 4.75 Å². The van der Waals surface area contributed by atoms with Crippen LogP contribution in [-0.4, -0.2) is 4.75 Å². The number of H-pyrrole nitrogens is 1. The number of aromatic nitrogens is 1. The van der Waals surface area contributed by atoms with E-state index in [2.05, 4.69) is 10.8 Å². The van der Waals surface area contributed by atoms with Crippen molar-refractivity contribution in [3.8, 4) is 16.9 Å². The summed E-state index contributed by atoms with van der Waals surface area (Å²) in [7, 11) is 0.474. The highest BCUT2D eigenvalue weighted by Gasteiger charge is 2.23. The molecule has 0 aliphatic carbocycles. The number of rotatable bonds is 4. The molecule has 1 aromatic heterocycles. The molecule has 1 atom stereocenters. The van der Waals surface area contributed by atoms with Gasteiger partial charge in [0.2, 0.25) is 0 Å². The van der Waals surface area contributed by atoms with Crippen molar-refractivity contribution < 1.29 is 8.78 Å². The Kier molecular flexibility index (Phi) is 4.38. The van der Waals surface area contributed by atoms with Gasteiger partial charge in [-0.2, -0.15) is 5.26 Å². The van der Waals surface area contributed by atoms with E-state index in [1.807, 2.05) is 36.4 Å². The molecule has 0 amide bonds. The third-order valence-electron chi connectivity index (χ3n) is 3.76. The van der Waals surface area contributed by atoms with Crippen molar-refractivity contribution in [2.75, 3.05) is 0 Å². The van der Waals surface area contributed by atoms with Gasteiger partial charge in [-0.05, 0) is 16.7 Å². The maximum atomic E-state index is 13.2. The van der Waals surface area contributed by atoms with Crippen molar-refractivity contribution in [3.63, 3.8) is 0 Å². The second kappa shape index (κ2) is 6.47. The Morgan fingerprint density at radius 1 is 1.00 bits per heavy atom. The van der Waals surface area contributed by atoms with E-state index in [1.165, 1.54) is 12.1 Å². The zero-order chi connectivity index (χ0) is 17.2. The molecule has 0 radical (unpaired) electrons. The quantitative estimate of drug-likeness (QED) is 0.593. The van der Waals surface area contributed by atoms with Crippen LogP contribution in [0.2, 0.25) is 0 Å². The Morgan fingerprint density at radius 2 is 1.54 bits per heavy atom. The number of nitrogens with zero attached hydrogens (tertiary/aromatic N) is 1. The largest absolute Gasteiger partial charge is 0.338 e. The van der Waals surface area contributed by atoms with Gasteiger partial charge >= 0.3 is 0 Å². The van der Waals surface area contributed by atoms with Crippen LogP contribution >= 0.6 is 8.35 Å². The lowest BCUT2D eigenvalue weighted by Crippen LogP contribution is -2.06. The SMILES string of the molecule is CC(F)(F)c1ccc(/C=C/c2ccc(-c3[pH][nH]c3C#N)cc2)cc1. The molecule has 2 nitrogen and oxygen atoms in total. The van der Waals surface area contributed by atoms with Crippen LogP contribution in [0.4, 0.5) is 8.78 Å². The van der Waals surface area contributed by atoms with Gasteiger partial charge in [0, 0.05) is 17.8 Å². The summed E-state index contributed by atoms with van der Waals surface area (Å²) in [6, 6.07) is 16.3. The molecule has 0 saturated carbocycles. The molecule has 24 heavy (non-hydrogen) atoms. The molecule has 0 fully saturated rings. The minimum Gasteiger partial charge on any atom is -0.338 e. The summed E-state index contributed by atoms with van der Waals surface area (Å²) in [4.78, 5) is 0. The molecule has 0 saturated heterocycles. The molecule has 3 rings (SSSR count). The van der Waals surface area contributed by atoms with Crippen LogP contribution in [0.25, 0.3) is 23.0 Å². The number of halogens is 2. The van der Waals surface area contributed by atoms with Crippen molar-refractivity contribution in [2.24, 2.45) is 0 Å². The molecule has 2 aromatic carbocycles. The molecule has 1 unspecified atom stereocenters. The summed E-state index contributed by atoms with van der Waals surface area (Å²) in [5.41, 5.74) is 3.59. The molecule has 1 N–H and O–H groups in total. The van der Waals surface area contributed by atoms with E-state index in [4.69, 9.17) is 5.26 Å². The van der Waals surface area contributed by atoms with Gasteiger partial charge in [0.15, 0.2) is 0 Å². The maximum Gasteiger partial charge on any atom is 0.270 e. The molecular weight excluding hydrogens is 325 g/mol. The Balaban J connectivity index is 1.72. The normalized spacial score (nSPS) is 12.1. The first-order valence-electron chi connectivity index (χ1n) is 7.40. The standard InChI is InChI=1S/C19H15F2N2P/c1-19(20,21)16-10-6-14(7-11-16)3-2-13-4-8-15(9-5-13)18-17(12-22)23-24-18/h2-11,23-24H,1H3/b3-2+. The van der Waals surface area contributed by atoms with E-state index >= 15 is 0 Å². The second-order valence-electron chi connectivity index (χ2n) is 5.58. The van der Waals surface area contributed by atoms with Gasteiger partial charge in [0.05, 0.1) is 0 Å². The lowest BCUT2D eigenvalue weighted by molar-refractivity contribution is 0.0175. The molecular formula is C19H15F2N2P.